The number of hydrogen-bond donors (Lipinski definition) is 0. The molecule has 0 amide bonds. The smallest absolute Gasteiger partial charge is 0.297 e. The van der Waals surface area contributed by atoms with Gasteiger partial charge in [-0.1, -0.05) is 44.5 Å². The van der Waals surface area contributed by atoms with Gasteiger partial charge in [-0.15, -0.1) is 0 Å². The normalized spacial score (nSPS) is 12.2. The molecule has 0 fully saturated rings. The Bertz CT molecular complexity index is 942. The van der Waals surface area contributed by atoms with Crippen molar-refractivity contribution in [2.45, 2.75) is 51.1 Å². The molecule has 0 spiro atoms. The second-order valence-corrected chi connectivity index (χ2v) is 11.6. The highest BCUT2D eigenvalue weighted by Crippen LogP contribution is 2.29. The summed E-state index contributed by atoms with van der Waals surface area (Å²) in [7, 11) is -5.11. The van der Waals surface area contributed by atoms with Crippen molar-refractivity contribution in [3.63, 3.8) is 0 Å². The van der Waals surface area contributed by atoms with E-state index in [0.717, 1.165) is 11.1 Å². The van der Waals surface area contributed by atoms with Crippen molar-refractivity contribution in [3.8, 4) is 5.75 Å². The van der Waals surface area contributed by atoms with Crippen LogP contribution in [0.4, 0.5) is 0 Å². The molecule has 0 bridgehead atoms. The first-order chi connectivity index (χ1) is 12.9. The summed E-state index contributed by atoms with van der Waals surface area (Å²) in [6, 6.07) is 11.7. The molecule has 2 rings (SSSR count). The monoisotopic (exact) mass is 419 g/mol. The maximum absolute atomic E-state index is 12.7. The third-order valence-electron chi connectivity index (χ3n) is 4.12. The zero-order valence-electron chi connectivity index (χ0n) is 17.2. The van der Waals surface area contributed by atoms with Gasteiger partial charge in [0, 0.05) is 0 Å². The van der Waals surface area contributed by atoms with E-state index < -0.39 is 31.5 Å². The van der Waals surface area contributed by atoms with Crippen molar-refractivity contribution >= 4 is 24.9 Å². The van der Waals surface area contributed by atoms with Gasteiger partial charge in [0.25, 0.3) is 19.2 Å². The van der Waals surface area contributed by atoms with E-state index in [2.05, 4.69) is 20.8 Å². The Morgan fingerprint density at radius 2 is 1.64 bits per heavy atom. The molecule has 0 saturated carbocycles. The van der Waals surface area contributed by atoms with E-state index in [0.29, 0.717) is 11.3 Å². The molecule has 28 heavy (non-hydrogen) atoms. The Labute approximate surface area is 169 Å². The van der Waals surface area contributed by atoms with Crippen molar-refractivity contribution in [1.82, 2.24) is 0 Å². The number of ketones is 1. The summed E-state index contributed by atoms with van der Waals surface area (Å²) in [4.78, 5) is 12.7. The summed E-state index contributed by atoms with van der Waals surface area (Å²) in [6.45, 7) is 11.5. The van der Waals surface area contributed by atoms with Gasteiger partial charge in [-0.3, -0.25) is 8.98 Å². The van der Waals surface area contributed by atoms with Gasteiger partial charge in [0.05, 0.1) is 10.5 Å². The second kappa shape index (κ2) is 8.59. The van der Waals surface area contributed by atoms with Crippen LogP contribution in [0.2, 0.25) is 13.1 Å². The fraction of sp³-hybridized carbons (Fsp3) is 0.381. The third-order valence-corrected chi connectivity index (χ3v) is 6.02. The Hall–Kier alpha value is -1.96. The molecular formula is C21H27O5SSi. The Kier molecular flexibility index (Phi) is 6.85. The van der Waals surface area contributed by atoms with E-state index >= 15 is 0 Å². The minimum absolute atomic E-state index is 0.0260. The lowest BCUT2D eigenvalue weighted by atomic mass is 9.86. The number of carbonyl (C=O) groups is 1. The van der Waals surface area contributed by atoms with Gasteiger partial charge in [0.1, 0.15) is 12.4 Å². The van der Waals surface area contributed by atoms with Crippen molar-refractivity contribution in [2.24, 2.45) is 0 Å². The van der Waals surface area contributed by atoms with E-state index in [-0.39, 0.29) is 10.3 Å². The molecule has 0 atom stereocenters. The lowest BCUT2D eigenvalue weighted by Gasteiger charge is -2.22. The van der Waals surface area contributed by atoms with Gasteiger partial charge < -0.3 is 4.43 Å². The van der Waals surface area contributed by atoms with Crippen LogP contribution in [0, 0.1) is 6.92 Å². The quantitative estimate of drug-likeness (QED) is 0.375. The molecule has 151 valence electrons. The van der Waals surface area contributed by atoms with Crippen LogP contribution in [0.25, 0.3) is 0 Å². The summed E-state index contributed by atoms with van der Waals surface area (Å²) < 4.78 is 35.6. The highest BCUT2D eigenvalue weighted by atomic mass is 32.2. The zero-order valence-corrected chi connectivity index (χ0v) is 19.0. The van der Waals surface area contributed by atoms with Crippen LogP contribution in [0.3, 0.4) is 0 Å². The predicted molar refractivity (Wildman–Crippen MR) is 112 cm³/mol. The Morgan fingerprint density at radius 3 is 2.18 bits per heavy atom. The SMILES string of the molecule is Cc1ccc(S(=O)(=O)OCC(=O)c2ccc(C(C)(C)C)cc2O[Si](C)C)cc1. The molecule has 2 aromatic carbocycles. The standard InChI is InChI=1S/C21H27O5SSi/c1-15-7-10-17(11-8-15)27(23,24)25-14-19(22)18-12-9-16(21(2,3)4)13-20(18)26-28(5)6/h7-13H,14H2,1-6H3. The molecule has 0 aromatic heterocycles. The van der Waals surface area contributed by atoms with E-state index in [1.54, 1.807) is 18.2 Å². The molecule has 7 heteroatoms. The van der Waals surface area contributed by atoms with Crippen molar-refractivity contribution in [3.05, 3.63) is 59.2 Å². The fourth-order valence-corrected chi connectivity index (χ4v) is 3.98. The van der Waals surface area contributed by atoms with Crippen molar-refractivity contribution in [1.29, 1.82) is 0 Å². The van der Waals surface area contributed by atoms with Gasteiger partial charge in [-0.25, -0.2) is 0 Å². The largest absolute Gasteiger partial charge is 0.542 e. The van der Waals surface area contributed by atoms with Crippen LogP contribution >= 0.6 is 0 Å². The molecule has 1 radical (unpaired) electrons. The number of hydrogen-bond acceptors (Lipinski definition) is 5. The number of Topliss-reactive ketones (excluding diaryl/α,β-unsaturated/α-hetero) is 1. The van der Waals surface area contributed by atoms with Crippen molar-refractivity contribution in [2.75, 3.05) is 6.61 Å². The average molecular weight is 420 g/mol. The summed E-state index contributed by atoms with van der Waals surface area (Å²) >= 11 is 0. The first-order valence-corrected chi connectivity index (χ1v) is 12.8. The molecule has 0 heterocycles. The van der Waals surface area contributed by atoms with Gasteiger partial charge >= 0.3 is 0 Å². The lowest BCUT2D eigenvalue weighted by Crippen LogP contribution is -2.19. The van der Waals surface area contributed by atoms with E-state index in [4.69, 9.17) is 8.61 Å². The van der Waals surface area contributed by atoms with Gasteiger partial charge in [-0.2, -0.15) is 8.42 Å². The minimum atomic E-state index is -4.00. The number of rotatable bonds is 7. The Balaban J connectivity index is 2.24. The van der Waals surface area contributed by atoms with E-state index in [1.807, 2.05) is 32.2 Å². The van der Waals surface area contributed by atoms with Gasteiger partial charge in [-0.05, 0) is 55.3 Å². The lowest BCUT2D eigenvalue weighted by molar-refractivity contribution is 0.0923. The summed E-state index contributed by atoms with van der Waals surface area (Å²) in [5.74, 6) is 0.0436. The topological polar surface area (TPSA) is 69.7 Å². The van der Waals surface area contributed by atoms with Crippen molar-refractivity contribution < 1.29 is 21.8 Å². The highest BCUT2D eigenvalue weighted by molar-refractivity contribution is 7.86. The molecule has 0 unspecified atom stereocenters. The van der Waals surface area contributed by atoms with E-state index in [9.17, 15) is 13.2 Å². The molecule has 0 aliphatic rings. The van der Waals surface area contributed by atoms with Gasteiger partial charge in [0.2, 0.25) is 0 Å². The van der Waals surface area contributed by atoms with Gasteiger partial charge in [0.15, 0.2) is 5.78 Å². The predicted octanol–water partition coefficient (Wildman–Crippen LogP) is 4.51. The van der Waals surface area contributed by atoms with Crippen LogP contribution in [-0.4, -0.2) is 29.8 Å². The molecular weight excluding hydrogens is 392 g/mol. The number of aryl methyl sites for hydroxylation is 1. The molecule has 0 aliphatic carbocycles. The molecule has 5 nitrogen and oxygen atoms in total. The molecule has 0 N–H and O–H groups in total. The number of benzene rings is 2. The van der Waals surface area contributed by atoms with Crippen LogP contribution in [0.15, 0.2) is 47.4 Å². The van der Waals surface area contributed by atoms with Crippen LogP contribution in [0.1, 0.15) is 42.3 Å². The first kappa shape index (κ1) is 22.3. The van der Waals surface area contributed by atoms with Crippen LogP contribution in [0.5, 0.6) is 5.75 Å². The van der Waals surface area contributed by atoms with E-state index in [1.165, 1.54) is 12.1 Å². The highest BCUT2D eigenvalue weighted by Gasteiger charge is 2.22. The maximum atomic E-state index is 12.7. The molecule has 0 aliphatic heterocycles. The average Bonchev–Trinajstić information content (AvgIpc) is 2.59. The summed E-state index contributed by atoms with van der Waals surface area (Å²) in [6.07, 6.45) is 0. The van der Waals surface area contributed by atoms with Crippen LogP contribution < -0.4 is 4.43 Å². The fourth-order valence-electron chi connectivity index (χ4n) is 2.51. The van der Waals surface area contributed by atoms with Crippen LogP contribution in [-0.2, 0) is 19.7 Å². The third kappa shape index (κ3) is 5.77. The first-order valence-electron chi connectivity index (χ1n) is 9.02. The molecule has 0 saturated heterocycles. The molecule has 2 aromatic rings. The number of carbonyl (C=O) groups excluding carboxylic acids is 1. The summed E-state index contributed by atoms with van der Waals surface area (Å²) in [5, 5.41) is 0. The summed E-state index contributed by atoms with van der Waals surface area (Å²) in [5.41, 5.74) is 2.21. The second-order valence-electron chi connectivity index (χ2n) is 7.92. The zero-order chi connectivity index (χ0) is 21.1. The Morgan fingerprint density at radius 1 is 1.04 bits per heavy atom. The maximum Gasteiger partial charge on any atom is 0.297 e. The minimum Gasteiger partial charge on any atom is -0.542 e.